The van der Waals surface area contributed by atoms with Crippen LogP contribution in [0.25, 0.3) is 0 Å². The highest BCUT2D eigenvalue weighted by Gasteiger charge is 2.14. The Morgan fingerprint density at radius 2 is 1.79 bits per heavy atom. The van der Waals surface area contributed by atoms with Crippen LogP contribution in [-0.4, -0.2) is 51.7 Å². The summed E-state index contributed by atoms with van der Waals surface area (Å²) in [5.41, 5.74) is 2.78. The summed E-state index contributed by atoms with van der Waals surface area (Å²) in [5, 5.41) is 2.85. The van der Waals surface area contributed by atoms with Gasteiger partial charge in [0.1, 0.15) is 11.5 Å². The summed E-state index contributed by atoms with van der Waals surface area (Å²) in [4.78, 5) is 26.0. The maximum Gasteiger partial charge on any atom is 0.337 e. The fourth-order valence-electron chi connectivity index (χ4n) is 2.77. The van der Waals surface area contributed by atoms with Crippen LogP contribution in [0.15, 0.2) is 36.4 Å². The highest BCUT2D eigenvalue weighted by atomic mass is 16.5. The predicted molar refractivity (Wildman–Crippen MR) is 107 cm³/mol. The van der Waals surface area contributed by atoms with Crippen LogP contribution < -0.4 is 14.8 Å². The third-order valence-corrected chi connectivity index (χ3v) is 4.28. The average Bonchev–Trinajstić information content (AvgIpc) is 2.69. The number of likely N-dealkylation sites (N-methyl/N-ethyl adjacent to an activating group) is 1. The molecule has 1 N–H and O–H groups in total. The molecule has 0 aliphatic carbocycles. The fraction of sp³-hybridized carbons (Fsp3) is 0.333. The largest absolute Gasteiger partial charge is 0.497 e. The number of benzene rings is 2. The van der Waals surface area contributed by atoms with E-state index < -0.39 is 5.97 Å². The first-order chi connectivity index (χ1) is 13.4. The van der Waals surface area contributed by atoms with Gasteiger partial charge in [-0.1, -0.05) is 12.1 Å². The van der Waals surface area contributed by atoms with Gasteiger partial charge in [0, 0.05) is 23.9 Å². The van der Waals surface area contributed by atoms with E-state index in [9.17, 15) is 9.59 Å². The van der Waals surface area contributed by atoms with Gasteiger partial charge >= 0.3 is 5.97 Å². The molecule has 0 aliphatic heterocycles. The maximum atomic E-state index is 12.5. The Balaban J connectivity index is 2.02. The van der Waals surface area contributed by atoms with Crippen LogP contribution in [0.5, 0.6) is 11.5 Å². The van der Waals surface area contributed by atoms with Crippen molar-refractivity contribution in [1.29, 1.82) is 0 Å². The normalized spacial score (nSPS) is 10.5. The second-order valence-corrected chi connectivity index (χ2v) is 6.42. The van der Waals surface area contributed by atoms with Gasteiger partial charge in [-0.25, -0.2) is 4.79 Å². The van der Waals surface area contributed by atoms with Crippen molar-refractivity contribution in [2.24, 2.45) is 0 Å². The summed E-state index contributed by atoms with van der Waals surface area (Å²) in [6.45, 7) is 2.57. The maximum absolute atomic E-state index is 12.5. The molecule has 28 heavy (non-hydrogen) atoms. The number of nitrogens with zero attached hydrogens (tertiary/aromatic N) is 1. The zero-order chi connectivity index (χ0) is 20.7. The molecular formula is C21H26N2O5. The molecule has 2 aromatic rings. The van der Waals surface area contributed by atoms with Crippen LogP contribution in [0, 0.1) is 6.92 Å². The molecule has 7 nitrogen and oxygen atoms in total. The van der Waals surface area contributed by atoms with Crippen molar-refractivity contribution in [1.82, 2.24) is 4.90 Å². The van der Waals surface area contributed by atoms with Gasteiger partial charge in [-0.15, -0.1) is 0 Å². The molecule has 0 saturated heterocycles. The van der Waals surface area contributed by atoms with E-state index >= 15 is 0 Å². The number of esters is 1. The molecule has 150 valence electrons. The highest BCUT2D eigenvalue weighted by Crippen LogP contribution is 2.25. The van der Waals surface area contributed by atoms with Crippen LogP contribution in [0.4, 0.5) is 5.69 Å². The Bertz CT molecular complexity index is 851. The van der Waals surface area contributed by atoms with Crippen molar-refractivity contribution in [3.8, 4) is 11.5 Å². The van der Waals surface area contributed by atoms with E-state index in [1.165, 1.54) is 7.11 Å². The molecule has 0 bridgehead atoms. The van der Waals surface area contributed by atoms with Gasteiger partial charge in [-0.2, -0.15) is 0 Å². The quantitative estimate of drug-likeness (QED) is 0.703. The Morgan fingerprint density at radius 1 is 1.04 bits per heavy atom. The number of aryl methyl sites for hydroxylation is 1. The zero-order valence-corrected chi connectivity index (χ0v) is 16.9. The first-order valence-corrected chi connectivity index (χ1v) is 8.76. The van der Waals surface area contributed by atoms with Crippen molar-refractivity contribution in [2.75, 3.05) is 40.2 Å². The zero-order valence-electron chi connectivity index (χ0n) is 16.9. The Kier molecular flexibility index (Phi) is 7.40. The van der Waals surface area contributed by atoms with Gasteiger partial charge in [0.2, 0.25) is 5.91 Å². The van der Waals surface area contributed by atoms with Crippen molar-refractivity contribution in [2.45, 2.75) is 13.5 Å². The summed E-state index contributed by atoms with van der Waals surface area (Å²) in [7, 11) is 6.37. The van der Waals surface area contributed by atoms with Gasteiger partial charge in [-0.05, 0) is 37.7 Å². The Morgan fingerprint density at radius 3 is 2.43 bits per heavy atom. The van der Waals surface area contributed by atoms with Crippen molar-refractivity contribution in [3.05, 3.63) is 53.1 Å². The van der Waals surface area contributed by atoms with Crippen LogP contribution in [0.3, 0.4) is 0 Å². The smallest absolute Gasteiger partial charge is 0.337 e. The Hall–Kier alpha value is -3.06. The van der Waals surface area contributed by atoms with E-state index in [4.69, 9.17) is 14.2 Å². The van der Waals surface area contributed by atoms with E-state index in [0.29, 0.717) is 29.3 Å². The number of rotatable bonds is 8. The van der Waals surface area contributed by atoms with E-state index in [1.807, 2.05) is 37.1 Å². The SMILES string of the molecule is COC(=O)c1ccc(C)c(NC(=O)CN(C)Cc2ccc(OC)cc2OC)c1. The van der Waals surface area contributed by atoms with E-state index in [0.717, 1.165) is 11.1 Å². The molecule has 2 aromatic carbocycles. The molecule has 0 spiro atoms. The monoisotopic (exact) mass is 386 g/mol. The number of ether oxygens (including phenoxy) is 3. The molecule has 0 aliphatic rings. The summed E-state index contributed by atoms with van der Waals surface area (Å²) >= 11 is 0. The summed E-state index contributed by atoms with van der Waals surface area (Å²) < 4.78 is 15.3. The molecule has 1 amide bonds. The number of hydrogen-bond acceptors (Lipinski definition) is 6. The van der Waals surface area contributed by atoms with Gasteiger partial charge in [0.25, 0.3) is 0 Å². The summed E-state index contributed by atoms with van der Waals surface area (Å²) in [6.07, 6.45) is 0. The number of anilines is 1. The highest BCUT2D eigenvalue weighted by molar-refractivity contribution is 5.96. The second-order valence-electron chi connectivity index (χ2n) is 6.42. The molecule has 2 rings (SSSR count). The molecule has 0 saturated carbocycles. The molecule has 0 radical (unpaired) electrons. The molecule has 0 heterocycles. The summed E-state index contributed by atoms with van der Waals surface area (Å²) in [6, 6.07) is 10.6. The number of methoxy groups -OCH3 is 3. The van der Waals surface area contributed by atoms with E-state index in [1.54, 1.807) is 32.4 Å². The molecule has 0 aromatic heterocycles. The minimum absolute atomic E-state index is 0.178. The lowest BCUT2D eigenvalue weighted by Gasteiger charge is -2.19. The summed E-state index contributed by atoms with van der Waals surface area (Å²) in [5.74, 6) is 0.787. The van der Waals surface area contributed by atoms with Crippen LogP contribution >= 0.6 is 0 Å². The van der Waals surface area contributed by atoms with Gasteiger partial charge in [0.05, 0.1) is 33.4 Å². The second kappa shape index (κ2) is 9.75. The van der Waals surface area contributed by atoms with E-state index in [-0.39, 0.29) is 12.5 Å². The van der Waals surface area contributed by atoms with Crippen LogP contribution in [-0.2, 0) is 16.1 Å². The number of amides is 1. The standard InChI is InChI=1S/C21H26N2O5/c1-14-6-7-15(21(25)28-5)10-18(14)22-20(24)13-23(2)12-16-8-9-17(26-3)11-19(16)27-4/h6-11H,12-13H2,1-5H3,(H,22,24). The number of nitrogens with one attached hydrogen (secondary N) is 1. The molecular weight excluding hydrogens is 360 g/mol. The van der Waals surface area contributed by atoms with Crippen molar-refractivity contribution < 1.29 is 23.8 Å². The van der Waals surface area contributed by atoms with Gasteiger partial charge in [0.15, 0.2) is 0 Å². The van der Waals surface area contributed by atoms with Crippen molar-refractivity contribution >= 4 is 17.6 Å². The minimum atomic E-state index is -0.445. The average molecular weight is 386 g/mol. The lowest BCUT2D eigenvalue weighted by Crippen LogP contribution is -2.30. The van der Waals surface area contributed by atoms with Gasteiger partial charge in [-0.3, -0.25) is 9.69 Å². The lowest BCUT2D eigenvalue weighted by molar-refractivity contribution is -0.117. The number of hydrogen-bond donors (Lipinski definition) is 1. The third kappa shape index (κ3) is 5.47. The van der Waals surface area contributed by atoms with Gasteiger partial charge < -0.3 is 19.5 Å². The van der Waals surface area contributed by atoms with Crippen LogP contribution in [0.2, 0.25) is 0 Å². The topological polar surface area (TPSA) is 77.1 Å². The molecule has 0 atom stereocenters. The van der Waals surface area contributed by atoms with E-state index in [2.05, 4.69) is 5.32 Å². The molecule has 0 fully saturated rings. The van der Waals surface area contributed by atoms with Crippen LogP contribution in [0.1, 0.15) is 21.5 Å². The molecule has 0 unspecified atom stereocenters. The number of carbonyl (C=O) groups is 2. The predicted octanol–water partition coefficient (Wildman–Crippen LogP) is 2.87. The lowest BCUT2D eigenvalue weighted by atomic mass is 10.1. The molecule has 7 heteroatoms. The van der Waals surface area contributed by atoms with Crippen molar-refractivity contribution in [3.63, 3.8) is 0 Å². The minimum Gasteiger partial charge on any atom is -0.497 e. The first kappa shape index (κ1) is 21.2. The Labute approximate surface area is 165 Å². The third-order valence-electron chi connectivity index (χ3n) is 4.28. The fourth-order valence-corrected chi connectivity index (χ4v) is 2.77. The number of carbonyl (C=O) groups excluding carboxylic acids is 2. The first-order valence-electron chi connectivity index (χ1n) is 8.76.